The second-order valence-electron chi connectivity index (χ2n) is 5.11. The zero-order valence-electron chi connectivity index (χ0n) is 12.6. The molecule has 0 aromatic carbocycles. The van der Waals surface area contributed by atoms with E-state index in [2.05, 4.69) is 19.2 Å². The van der Waals surface area contributed by atoms with Crippen molar-refractivity contribution < 1.29 is 13.5 Å². The lowest BCUT2D eigenvalue weighted by molar-refractivity contribution is 0.0180. The van der Waals surface area contributed by atoms with E-state index in [-0.39, 0.29) is 0 Å². The van der Waals surface area contributed by atoms with Crippen LogP contribution >= 0.6 is 0 Å². The highest BCUT2D eigenvalue weighted by molar-refractivity contribution is 4.67. The summed E-state index contributed by atoms with van der Waals surface area (Å²) in [6.07, 6.45) is 7.53. The van der Waals surface area contributed by atoms with Crippen molar-refractivity contribution in [2.24, 2.45) is 0 Å². The fraction of sp³-hybridized carbons (Fsp3) is 1.00. The molecule has 19 heavy (non-hydrogen) atoms. The monoisotopic (exact) mass is 279 g/mol. The molecule has 0 aliphatic heterocycles. The van der Waals surface area contributed by atoms with Gasteiger partial charge >= 0.3 is 0 Å². The summed E-state index contributed by atoms with van der Waals surface area (Å²) >= 11 is 0. The first-order chi connectivity index (χ1) is 9.20. The van der Waals surface area contributed by atoms with Crippen molar-refractivity contribution in [2.75, 3.05) is 19.8 Å². The van der Waals surface area contributed by atoms with Gasteiger partial charge in [0.15, 0.2) is 0 Å². The van der Waals surface area contributed by atoms with E-state index in [1.807, 2.05) is 0 Å². The quantitative estimate of drug-likeness (QED) is 0.476. The Labute approximate surface area is 117 Å². The van der Waals surface area contributed by atoms with Gasteiger partial charge in [0.25, 0.3) is 6.43 Å². The van der Waals surface area contributed by atoms with Crippen LogP contribution in [0.3, 0.4) is 0 Å². The van der Waals surface area contributed by atoms with Crippen molar-refractivity contribution >= 4 is 0 Å². The molecule has 0 spiro atoms. The van der Waals surface area contributed by atoms with Crippen molar-refractivity contribution in [3.63, 3.8) is 0 Å². The van der Waals surface area contributed by atoms with Crippen LogP contribution in [0.25, 0.3) is 0 Å². The third kappa shape index (κ3) is 14.0. The summed E-state index contributed by atoms with van der Waals surface area (Å²) in [5, 5.41) is 3.44. The SMILES string of the molecule is CCCCCC(CCCCC)NCCOCC(F)F. The maximum atomic E-state index is 11.9. The number of hydrogen-bond acceptors (Lipinski definition) is 2. The summed E-state index contributed by atoms with van der Waals surface area (Å²) < 4.78 is 28.7. The van der Waals surface area contributed by atoms with Crippen molar-refractivity contribution in [1.82, 2.24) is 5.32 Å². The van der Waals surface area contributed by atoms with Gasteiger partial charge in [-0.15, -0.1) is 0 Å². The molecule has 0 unspecified atom stereocenters. The Morgan fingerprint density at radius 1 is 0.947 bits per heavy atom. The Morgan fingerprint density at radius 2 is 1.53 bits per heavy atom. The Bertz CT molecular complexity index is 170. The molecule has 0 atom stereocenters. The van der Waals surface area contributed by atoms with Crippen molar-refractivity contribution in [2.45, 2.75) is 77.7 Å². The van der Waals surface area contributed by atoms with E-state index < -0.39 is 13.0 Å². The zero-order chi connectivity index (χ0) is 14.3. The van der Waals surface area contributed by atoms with Crippen LogP contribution in [0.2, 0.25) is 0 Å². The molecule has 0 aliphatic carbocycles. The number of unbranched alkanes of at least 4 members (excludes halogenated alkanes) is 4. The molecule has 2 nitrogen and oxygen atoms in total. The van der Waals surface area contributed by atoms with Gasteiger partial charge in [0.05, 0.1) is 6.61 Å². The van der Waals surface area contributed by atoms with E-state index in [1.165, 1.54) is 51.4 Å². The molecule has 0 radical (unpaired) electrons. The second kappa shape index (κ2) is 14.2. The van der Waals surface area contributed by atoms with Gasteiger partial charge in [0, 0.05) is 12.6 Å². The molecule has 0 heterocycles. The highest BCUT2D eigenvalue weighted by Crippen LogP contribution is 2.10. The zero-order valence-corrected chi connectivity index (χ0v) is 12.6. The number of rotatable bonds is 14. The number of hydrogen-bond donors (Lipinski definition) is 1. The van der Waals surface area contributed by atoms with Gasteiger partial charge in [0.2, 0.25) is 0 Å². The van der Waals surface area contributed by atoms with E-state index in [4.69, 9.17) is 4.74 Å². The topological polar surface area (TPSA) is 21.3 Å². The molecule has 0 saturated carbocycles. The smallest absolute Gasteiger partial charge is 0.261 e. The highest BCUT2D eigenvalue weighted by Gasteiger charge is 2.07. The molecule has 116 valence electrons. The van der Waals surface area contributed by atoms with E-state index in [9.17, 15) is 8.78 Å². The standard InChI is InChI=1S/C15H31F2NO/c1-3-5-7-9-14(10-8-6-4-2)18-11-12-19-13-15(16)17/h14-15,18H,3-13H2,1-2H3. The summed E-state index contributed by atoms with van der Waals surface area (Å²) in [6.45, 7) is 5.02. The lowest BCUT2D eigenvalue weighted by atomic mass is 10.0. The fourth-order valence-corrected chi connectivity index (χ4v) is 2.14. The van der Waals surface area contributed by atoms with Crippen molar-refractivity contribution in [1.29, 1.82) is 0 Å². The van der Waals surface area contributed by atoms with Crippen molar-refractivity contribution in [3.05, 3.63) is 0 Å². The molecule has 0 aromatic heterocycles. The normalized spacial score (nSPS) is 11.7. The molecule has 0 amide bonds. The maximum Gasteiger partial charge on any atom is 0.261 e. The Morgan fingerprint density at radius 3 is 2.00 bits per heavy atom. The minimum absolute atomic E-state index is 0.377. The van der Waals surface area contributed by atoms with Gasteiger partial charge in [-0.25, -0.2) is 8.78 Å². The number of alkyl halides is 2. The van der Waals surface area contributed by atoms with E-state index >= 15 is 0 Å². The Balaban J connectivity index is 3.64. The molecule has 0 fully saturated rings. The summed E-state index contributed by atoms with van der Waals surface area (Å²) in [4.78, 5) is 0. The Kier molecular flexibility index (Phi) is 14.0. The first-order valence-corrected chi connectivity index (χ1v) is 7.79. The molecule has 0 aromatic rings. The van der Waals surface area contributed by atoms with Crippen LogP contribution in [-0.4, -0.2) is 32.2 Å². The largest absolute Gasteiger partial charge is 0.374 e. The summed E-state index contributed by atoms with van der Waals surface area (Å²) in [6, 6.07) is 0.522. The molecule has 4 heteroatoms. The van der Waals surface area contributed by atoms with Crippen LogP contribution < -0.4 is 5.32 Å². The average molecular weight is 279 g/mol. The third-order valence-corrected chi connectivity index (χ3v) is 3.24. The Hall–Kier alpha value is -0.220. The molecule has 0 bridgehead atoms. The summed E-state index contributed by atoms with van der Waals surface area (Å²) in [5.74, 6) is 0. The van der Waals surface area contributed by atoms with Gasteiger partial charge in [-0.3, -0.25) is 0 Å². The van der Waals surface area contributed by atoms with Crippen LogP contribution in [0.1, 0.15) is 65.2 Å². The lowest BCUT2D eigenvalue weighted by Crippen LogP contribution is -2.32. The number of ether oxygens (including phenoxy) is 1. The first-order valence-electron chi connectivity index (χ1n) is 7.79. The van der Waals surface area contributed by atoms with Crippen LogP contribution in [-0.2, 0) is 4.74 Å². The van der Waals surface area contributed by atoms with Gasteiger partial charge < -0.3 is 10.1 Å². The van der Waals surface area contributed by atoms with E-state index in [0.29, 0.717) is 19.2 Å². The molecular weight excluding hydrogens is 248 g/mol. The van der Waals surface area contributed by atoms with Gasteiger partial charge in [0.1, 0.15) is 6.61 Å². The summed E-state index contributed by atoms with van der Waals surface area (Å²) in [5.41, 5.74) is 0. The van der Waals surface area contributed by atoms with Crippen LogP contribution in [0.5, 0.6) is 0 Å². The predicted octanol–water partition coefficient (Wildman–Crippen LogP) is 4.39. The van der Waals surface area contributed by atoms with E-state index in [0.717, 1.165) is 0 Å². The molecule has 0 saturated heterocycles. The number of halogens is 2. The van der Waals surface area contributed by atoms with Gasteiger partial charge in [-0.05, 0) is 12.8 Å². The predicted molar refractivity (Wildman–Crippen MR) is 76.9 cm³/mol. The molecular formula is C15H31F2NO. The fourth-order valence-electron chi connectivity index (χ4n) is 2.14. The van der Waals surface area contributed by atoms with Crippen LogP contribution in [0.4, 0.5) is 8.78 Å². The third-order valence-electron chi connectivity index (χ3n) is 3.24. The highest BCUT2D eigenvalue weighted by atomic mass is 19.3. The molecule has 0 aliphatic rings. The maximum absolute atomic E-state index is 11.9. The van der Waals surface area contributed by atoms with Crippen LogP contribution in [0.15, 0.2) is 0 Å². The second-order valence-corrected chi connectivity index (χ2v) is 5.11. The first kappa shape index (κ1) is 18.8. The van der Waals surface area contributed by atoms with E-state index in [1.54, 1.807) is 0 Å². The van der Waals surface area contributed by atoms with Gasteiger partial charge in [-0.2, -0.15) is 0 Å². The minimum atomic E-state index is -2.36. The van der Waals surface area contributed by atoms with Gasteiger partial charge in [-0.1, -0.05) is 52.4 Å². The summed E-state index contributed by atoms with van der Waals surface area (Å²) in [7, 11) is 0. The number of nitrogens with one attached hydrogen (secondary N) is 1. The minimum Gasteiger partial charge on any atom is -0.374 e. The average Bonchev–Trinajstić information content (AvgIpc) is 2.38. The molecule has 1 N–H and O–H groups in total. The molecule has 0 rings (SSSR count). The van der Waals surface area contributed by atoms with Crippen molar-refractivity contribution in [3.8, 4) is 0 Å². The lowest BCUT2D eigenvalue weighted by Gasteiger charge is -2.18. The van der Waals surface area contributed by atoms with Crippen LogP contribution in [0, 0.1) is 0 Å².